The van der Waals surface area contributed by atoms with Crippen molar-refractivity contribution in [2.45, 2.75) is 19.6 Å². The highest BCUT2D eigenvalue weighted by Crippen LogP contribution is 2.50. The summed E-state index contributed by atoms with van der Waals surface area (Å²) in [7, 11) is 0. The lowest BCUT2D eigenvalue weighted by molar-refractivity contribution is 1.16. The normalized spacial score (nSPS) is 12.6. The molecule has 2 heterocycles. The first-order chi connectivity index (χ1) is 18.3. The second-order valence-electron chi connectivity index (χ2n) is 9.33. The first kappa shape index (κ1) is 21.6. The van der Waals surface area contributed by atoms with Crippen molar-refractivity contribution in [3.63, 3.8) is 0 Å². The van der Waals surface area contributed by atoms with Crippen LogP contribution in [0, 0.1) is 0 Å². The highest BCUT2D eigenvalue weighted by molar-refractivity contribution is 8.05. The van der Waals surface area contributed by atoms with Crippen LogP contribution < -0.4 is 0 Å². The Labute approximate surface area is 228 Å². The minimum absolute atomic E-state index is 1.28. The van der Waals surface area contributed by atoms with Crippen molar-refractivity contribution in [1.29, 1.82) is 0 Å². The molecule has 0 fully saturated rings. The van der Waals surface area contributed by atoms with E-state index in [0.717, 1.165) is 0 Å². The summed E-state index contributed by atoms with van der Waals surface area (Å²) >= 11 is 5.63. The van der Waals surface area contributed by atoms with Gasteiger partial charge in [-0.3, -0.25) is 0 Å². The van der Waals surface area contributed by atoms with Crippen molar-refractivity contribution < 1.29 is 0 Å². The maximum absolute atomic E-state index is 2.38. The molecule has 0 aliphatic carbocycles. The number of fused-ring (bicyclic) bond motifs is 8. The van der Waals surface area contributed by atoms with Crippen LogP contribution in [-0.4, -0.2) is 0 Å². The molecule has 0 bridgehead atoms. The van der Waals surface area contributed by atoms with E-state index in [1.165, 1.54) is 72.8 Å². The van der Waals surface area contributed by atoms with E-state index in [0.29, 0.717) is 0 Å². The Balaban J connectivity index is 1.22. The van der Waals surface area contributed by atoms with Gasteiger partial charge >= 0.3 is 0 Å². The van der Waals surface area contributed by atoms with E-state index >= 15 is 0 Å². The zero-order valence-corrected chi connectivity index (χ0v) is 22.2. The van der Waals surface area contributed by atoms with Gasteiger partial charge in [0.05, 0.1) is 0 Å². The van der Waals surface area contributed by atoms with Crippen molar-refractivity contribution in [3.8, 4) is 20.9 Å². The minimum Gasteiger partial charge on any atom is -0.135 e. The van der Waals surface area contributed by atoms with Gasteiger partial charge < -0.3 is 0 Å². The SMILES string of the molecule is c1ccc2c(c1)Sc1ccc(-c3ccc(-c4ccc5c6ccccc6c6ccccc6c5c4)s3)cc1S2. The van der Waals surface area contributed by atoms with Crippen molar-refractivity contribution >= 4 is 67.2 Å². The Morgan fingerprint density at radius 1 is 0.324 bits per heavy atom. The molecule has 6 aromatic carbocycles. The molecule has 0 N–H and O–H groups in total. The van der Waals surface area contributed by atoms with Crippen LogP contribution in [0.1, 0.15) is 0 Å². The van der Waals surface area contributed by atoms with Gasteiger partial charge in [0.2, 0.25) is 0 Å². The van der Waals surface area contributed by atoms with Crippen molar-refractivity contribution in [2.24, 2.45) is 0 Å². The summed E-state index contributed by atoms with van der Waals surface area (Å²) in [6.07, 6.45) is 0. The molecule has 0 radical (unpaired) electrons. The molecule has 174 valence electrons. The second kappa shape index (κ2) is 8.53. The first-order valence-corrected chi connectivity index (χ1v) is 14.8. The Kier molecular flexibility index (Phi) is 4.97. The molecule has 0 spiro atoms. The maximum atomic E-state index is 2.38. The third-order valence-corrected chi connectivity index (χ3v) is 10.9. The molecule has 3 heteroatoms. The van der Waals surface area contributed by atoms with Gasteiger partial charge in [-0.15, -0.1) is 11.3 Å². The van der Waals surface area contributed by atoms with E-state index in [2.05, 4.69) is 121 Å². The van der Waals surface area contributed by atoms with Gasteiger partial charge in [-0.1, -0.05) is 102 Å². The smallest absolute Gasteiger partial charge is 0.0349 e. The van der Waals surface area contributed by atoms with E-state index in [4.69, 9.17) is 0 Å². The molecule has 0 saturated carbocycles. The molecule has 0 unspecified atom stereocenters. The Hall–Kier alpha value is -3.50. The quantitative estimate of drug-likeness (QED) is 0.206. The fourth-order valence-corrected chi connectivity index (χ4v) is 8.64. The summed E-state index contributed by atoms with van der Waals surface area (Å²) in [5.74, 6) is 0. The summed E-state index contributed by atoms with van der Waals surface area (Å²) in [4.78, 5) is 8.01. The number of benzene rings is 6. The van der Waals surface area contributed by atoms with Crippen LogP contribution in [0.5, 0.6) is 0 Å². The number of hydrogen-bond donors (Lipinski definition) is 0. The van der Waals surface area contributed by atoms with Gasteiger partial charge in [-0.05, 0) is 85.9 Å². The maximum Gasteiger partial charge on any atom is 0.0349 e. The molecule has 1 aliphatic rings. The lowest BCUT2D eigenvalue weighted by atomic mass is 9.93. The molecule has 7 aromatic rings. The van der Waals surface area contributed by atoms with Crippen molar-refractivity contribution in [1.82, 2.24) is 0 Å². The van der Waals surface area contributed by atoms with Gasteiger partial charge in [0, 0.05) is 29.3 Å². The van der Waals surface area contributed by atoms with Crippen LogP contribution in [0.15, 0.2) is 141 Å². The molecule has 0 saturated heterocycles. The summed E-state index contributed by atoms with van der Waals surface area (Å²) in [6, 6.07) is 44.7. The molecular weight excluding hydrogens is 505 g/mol. The highest BCUT2D eigenvalue weighted by atomic mass is 32.2. The van der Waals surface area contributed by atoms with Crippen LogP contribution in [0.4, 0.5) is 0 Å². The van der Waals surface area contributed by atoms with Crippen LogP contribution in [0.25, 0.3) is 53.2 Å². The standard InChI is InChI=1S/C34H20S3/c1-2-9-25-23(7-1)24-8-3-4-10-26(24)28-19-21(13-15-27(25)28)29-17-18-30(35-29)22-14-16-33-34(20-22)37-32-12-6-5-11-31(32)36-33/h1-20H. The Morgan fingerprint density at radius 2 is 0.784 bits per heavy atom. The molecule has 1 aromatic heterocycles. The molecule has 0 atom stereocenters. The largest absolute Gasteiger partial charge is 0.135 e. The predicted octanol–water partition coefficient (Wildman–Crippen LogP) is 11.2. The third-order valence-electron chi connectivity index (χ3n) is 7.15. The number of hydrogen-bond acceptors (Lipinski definition) is 3. The fraction of sp³-hybridized carbons (Fsp3) is 0. The summed E-state index contributed by atoms with van der Waals surface area (Å²) in [5, 5.41) is 7.92. The third kappa shape index (κ3) is 3.53. The highest BCUT2D eigenvalue weighted by Gasteiger charge is 2.18. The first-order valence-electron chi connectivity index (χ1n) is 12.3. The van der Waals surface area contributed by atoms with Gasteiger partial charge in [0.25, 0.3) is 0 Å². The number of thiophene rings is 1. The molecular formula is C34H20S3. The second-order valence-corrected chi connectivity index (χ2v) is 12.6. The Bertz CT molecular complexity index is 1960. The van der Waals surface area contributed by atoms with Gasteiger partial charge in [0.1, 0.15) is 0 Å². The molecule has 37 heavy (non-hydrogen) atoms. The zero-order valence-electron chi connectivity index (χ0n) is 19.8. The monoisotopic (exact) mass is 524 g/mol. The topological polar surface area (TPSA) is 0 Å². The molecule has 1 aliphatic heterocycles. The van der Waals surface area contributed by atoms with Gasteiger partial charge in [-0.2, -0.15) is 0 Å². The van der Waals surface area contributed by atoms with E-state index < -0.39 is 0 Å². The van der Waals surface area contributed by atoms with E-state index in [1.54, 1.807) is 0 Å². The summed E-state index contributed by atoms with van der Waals surface area (Å²) < 4.78 is 0. The van der Waals surface area contributed by atoms with Crippen molar-refractivity contribution in [3.05, 3.63) is 121 Å². The fourth-order valence-electron chi connectivity index (χ4n) is 5.39. The van der Waals surface area contributed by atoms with Gasteiger partial charge in [-0.25, -0.2) is 0 Å². The van der Waals surface area contributed by atoms with Crippen LogP contribution in [0.3, 0.4) is 0 Å². The van der Waals surface area contributed by atoms with E-state index in [1.807, 2.05) is 34.9 Å². The van der Waals surface area contributed by atoms with Crippen LogP contribution >= 0.6 is 34.9 Å². The van der Waals surface area contributed by atoms with Crippen molar-refractivity contribution in [2.75, 3.05) is 0 Å². The predicted molar refractivity (Wildman–Crippen MR) is 162 cm³/mol. The average molecular weight is 525 g/mol. The lowest BCUT2D eigenvalue weighted by Gasteiger charge is -2.18. The van der Waals surface area contributed by atoms with Crippen LogP contribution in [0.2, 0.25) is 0 Å². The van der Waals surface area contributed by atoms with E-state index in [9.17, 15) is 0 Å². The summed E-state index contributed by atoms with van der Waals surface area (Å²) in [5.41, 5.74) is 2.57. The summed E-state index contributed by atoms with van der Waals surface area (Å²) in [6.45, 7) is 0. The van der Waals surface area contributed by atoms with Crippen LogP contribution in [-0.2, 0) is 0 Å². The average Bonchev–Trinajstić information content (AvgIpc) is 3.46. The number of rotatable bonds is 2. The van der Waals surface area contributed by atoms with E-state index in [-0.39, 0.29) is 0 Å². The lowest BCUT2D eigenvalue weighted by Crippen LogP contribution is -1.89. The molecule has 0 nitrogen and oxygen atoms in total. The Morgan fingerprint density at radius 3 is 1.43 bits per heavy atom. The molecule has 0 amide bonds. The zero-order chi connectivity index (χ0) is 24.3. The molecule has 8 rings (SSSR count). The van der Waals surface area contributed by atoms with Gasteiger partial charge in [0.15, 0.2) is 0 Å². The minimum atomic E-state index is 1.28.